The number of anilines is 2. The van der Waals surface area contributed by atoms with Crippen molar-refractivity contribution in [3.63, 3.8) is 0 Å². The topological polar surface area (TPSA) is 87.6 Å². The zero-order valence-corrected chi connectivity index (χ0v) is 18.5. The quantitative estimate of drug-likeness (QED) is 0.597. The van der Waals surface area contributed by atoms with E-state index in [-0.39, 0.29) is 11.5 Å². The molecule has 2 heterocycles. The summed E-state index contributed by atoms with van der Waals surface area (Å²) in [4.78, 5) is 22.7. The Labute approximate surface area is 188 Å². The van der Waals surface area contributed by atoms with E-state index in [2.05, 4.69) is 15.3 Å². The SMILES string of the molecule is Cc1nc(N[C@H](C)c2cccc(C(F)(F)CO)c2F)c2cc3c(cc2n1)O[C@@H](C)C(=O)N3C. The number of hydrogen-bond acceptors (Lipinski definition) is 6. The lowest BCUT2D eigenvalue weighted by molar-refractivity contribution is -0.125. The van der Waals surface area contributed by atoms with Crippen LogP contribution in [0.4, 0.5) is 24.7 Å². The summed E-state index contributed by atoms with van der Waals surface area (Å²) in [6.45, 7) is 3.47. The van der Waals surface area contributed by atoms with Crippen LogP contribution in [0.1, 0.15) is 36.8 Å². The average Bonchev–Trinajstić information content (AvgIpc) is 2.76. The fourth-order valence-corrected chi connectivity index (χ4v) is 3.89. The number of alkyl halides is 2. The van der Waals surface area contributed by atoms with Crippen molar-refractivity contribution in [3.05, 3.63) is 53.1 Å². The van der Waals surface area contributed by atoms with Crippen molar-refractivity contribution in [2.45, 2.75) is 38.8 Å². The molecule has 4 rings (SSSR count). The fourth-order valence-electron chi connectivity index (χ4n) is 3.89. The molecule has 2 N–H and O–H groups in total. The van der Waals surface area contributed by atoms with E-state index in [0.29, 0.717) is 34.0 Å². The molecule has 3 aromatic rings. The van der Waals surface area contributed by atoms with Crippen molar-refractivity contribution in [1.82, 2.24) is 9.97 Å². The zero-order chi connectivity index (χ0) is 24.1. The Morgan fingerprint density at radius 1 is 1.30 bits per heavy atom. The molecule has 0 unspecified atom stereocenters. The number of hydrogen-bond donors (Lipinski definition) is 2. The van der Waals surface area contributed by atoms with E-state index in [4.69, 9.17) is 9.84 Å². The van der Waals surface area contributed by atoms with Gasteiger partial charge in [-0.3, -0.25) is 4.79 Å². The molecule has 0 bridgehead atoms. The summed E-state index contributed by atoms with van der Waals surface area (Å²) in [5.74, 6) is -3.72. The maximum absolute atomic E-state index is 14.9. The number of halogens is 3. The second-order valence-corrected chi connectivity index (χ2v) is 8.05. The number of aryl methyl sites for hydroxylation is 1. The number of amides is 1. The molecule has 10 heteroatoms. The molecule has 1 aromatic heterocycles. The van der Waals surface area contributed by atoms with Crippen LogP contribution in [0.15, 0.2) is 30.3 Å². The van der Waals surface area contributed by atoms with E-state index in [9.17, 15) is 18.0 Å². The maximum Gasteiger partial charge on any atom is 0.298 e. The molecule has 0 spiro atoms. The third-order valence-electron chi connectivity index (χ3n) is 5.67. The molecule has 2 atom stereocenters. The predicted octanol–water partition coefficient (Wildman–Crippen LogP) is 4.08. The van der Waals surface area contributed by atoms with E-state index >= 15 is 0 Å². The molecule has 1 aliphatic rings. The van der Waals surface area contributed by atoms with Gasteiger partial charge in [-0.2, -0.15) is 8.78 Å². The predicted molar refractivity (Wildman–Crippen MR) is 117 cm³/mol. The zero-order valence-electron chi connectivity index (χ0n) is 18.5. The number of rotatable bonds is 5. The first kappa shape index (κ1) is 22.8. The lowest BCUT2D eigenvalue weighted by atomic mass is 10.00. The van der Waals surface area contributed by atoms with Crippen LogP contribution in [0.5, 0.6) is 5.75 Å². The van der Waals surface area contributed by atoms with Gasteiger partial charge in [0.15, 0.2) is 6.10 Å². The van der Waals surface area contributed by atoms with Gasteiger partial charge in [0.25, 0.3) is 11.8 Å². The molecule has 0 saturated carbocycles. The Balaban J connectivity index is 1.77. The van der Waals surface area contributed by atoms with Gasteiger partial charge in [0.2, 0.25) is 0 Å². The number of nitrogens with zero attached hydrogens (tertiary/aromatic N) is 3. The number of ether oxygens (including phenoxy) is 1. The summed E-state index contributed by atoms with van der Waals surface area (Å²) in [6.07, 6.45) is -0.632. The van der Waals surface area contributed by atoms with Gasteiger partial charge in [-0.25, -0.2) is 14.4 Å². The standard InChI is InChI=1S/C23H23F3N4O3/c1-11(14-6-5-7-16(20(14)24)23(25,26)10-31)27-21-15-8-18-19(9-17(15)28-13(3)29-21)33-12(2)22(32)30(18)4/h5-9,11-12,31H,10H2,1-4H3,(H,27,28,29)/t11-,12+/m1/s1. The Morgan fingerprint density at radius 3 is 2.73 bits per heavy atom. The normalized spacial score (nSPS) is 17.0. The Kier molecular flexibility index (Phi) is 5.65. The van der Waals surface area contributed by atoms with E-state index in [1.807, 2.05) is 0 Å². The molecule has 2 aromatic carbocycles. The molecule has 7 nitrogen and oxygen atoms in total. The maximum atomic E-state index is 14.9. The summed E-state index contributed by atoms with van der Waals surface area (Å²) in [7, 11) is 1.64. The van der Waals surface area contributed by atoms with Crippen LogP contribution in [0.25, 0.3) is 10.9 Å². The number of carbonyl (C=O) groups excluding carboxylic acids is 1. The Morgan fingerprint density at radius 2 is 2.03 bits per heavy atom. The van der Waals surface area contributed by atoms with Crippen LogP contribution in [-0.4, -0.2) is 40.7 Å². The van der Waals surface area contributed by atoms with Crippen LogP contribution < -0.4 is 15.0 Å². The van der Waals surface area contributed by atoms with E-state index in [1.165, 1.54) is 17.0 Å². The smallest absolute Gasteiger partial charge is 0.298 e. The van der Waals surface area contributed by atoms with E-state index in [1.54, 1.807) is 40.0 Å². The highest BCUT2D eigenvalue weighted by atomic mass is 19.3. The van der Waals surface area contributed by atoms with Crippen molar-refractivity contribution in [1.29, 1.82) is 0 Å². The number of aromatic nitrogens is 2. The molecule has 1 amide bonds. The minimum Gasteiger partial charge on any atom is -0.479 e. The molecule has 33 heavy (non-hydrogen) atoms. The van der Waals surface area contributed by atoms with Gasteiger partial charge >= 0.3 is 0 Å². The van der Waals surface area contributed by atoms with E-state index < -0.39 is 36.1 Å². The molecular formula is C23H23F3N4O3. The number of aliphatic hydroxyl groups excluding tert-OH is 1. The Hall–Kier alpha value is -3.40. The van der Waals surface area contributed by atoms with Crippen molar-refractivity contribution >= 4 is 28.3 Å². The molecule has 174 valence electrons. The lowest BCUT2D eigenvalue weighted by Gasteiger charge is -2.30. The Bertz CT molecular complexity index is 1250. The summed E-state index contributed by atoms with van der Waals surface area (Å²) < 4.78 is 48.6. The van der Waals surface area contributed by atoms with Crippen molar-refractivity contribution in [2.24, 2.45) is 0 Å². The third-order valence-corrected chi connectivity index (χ3v) is 5.67. The highest BCUT2D eigenvalue weighted by Crippen LogP contribution is 2.39. The number of likely N-dealkylation sites (N-methyl/N-ethyl adjacent to an activating group) is 1. The highest BCUT2D eigenvalue weighted by Gasteiger charge is 2.35. The largest absolute Gasteiger partial charge is 0.479 e. The minimum absolute atomic E-state index is 0.00699. The number of carbonyl (C=O) groups is 1. The van der Waals surface area contributed by atoms with Gasteiger partial charge < -0.3 is 20.1 Å². The number of nitrogens with one attached hydrogen (secondary N) is 1. The van der Waals surface area contributed by atoms with Crippen LogP contribution in [-0.2, 0) is 10.7 Å². The molecular weight excluding hydrogens is 437 g/mol. The van der Waals surface area contributed by atoms with Crippen LogP contribution in [0, 0.1) is 12.7 Å². The second kappa shape index (κ2) is 8.18. The summed E-state index contributed by atoms with van der Waals surface area (Å²) in [5.41, 5.74) is 0.198. The number of aliphatic hydroxyl groups is 1. The van der Waals surface area contributed by atoms with Crippen molar-refractivity contribution < 1.29 is 27.8 Å². The van der Waals surface area contributed by atoms with Gasteiger partial charge in [0.05, 0.1) is 22.8 Å². The lowest BCUT2D eigenvalue weighted by Crippen LogP contribution is -2.41. The first-order valence-corrected chi connectivity index (χ1v) is 10.3. The molecule has 0 aliphatic carbocycles. The van der Waals surface area contributed by atoms with E-state index in [0.717, 1.165) is 6.07 Å². The van der Waals surface area contributed by atoms with Gasteiger partial charge in [0.1, 0.15) is 29.8 Å². The third kappa shape index (κ3) is 3.95. The van der Waals surface area contributed by atoms with Crippen LogP contribution >= 0.6 is 0 Å². The molecule has 1 aliphatic heterocycles. The van der Waals surface area contributed by atoms with Gasteiger partial charge in [-0.05, 0) is 32.9 Å². The first-order chi connectivity index (χ1) is 15.5. The van der Waals surface area contributed by atoms with Gasteiger partial charge in [-0.1, -0.05) is 12.1 Å². The number of fused-ring (bicyclic) bond motifs is 2. The molecule has 0 saturated heterocycles. The van der Waals surface area contributed by atoms with Crippen molar-refractivity contribution in [2.75, 3.05) is 23.9 Å². The highest BCUT2D eigenvalue weighted by molar-refractivity contribution is 6.03. The van der Waals surface area contributed by atoms with Gasteiger partial charge in [-0.15, -0.1) is 0 Å². The number of benzene rings is 2. The van der Waals surface area contributed by atoms with Crippen molar-refractivity contribution in [3.8, 4) is 5.75 Å². The fraction of sp³-hybridized carbons (Fsp3) is 0.348. The summed E-state index contributed by atoms with van der Waals surface area (Å²) in [6, 6.07) is 6.32. The molecule has 0 fully saturated rings. The summed E-state index contributed by atoms with van der Waals surface area (Å²) in [5, 5.41) is 12.6. The summed E-state index contributed by atoms with van der Waals surface area (Å²) >= 11 is 0. The average molecular weight is 460 g/mol. The monoisotopic (exact) mass is 460 g/mol. The van der Waals surface area contributed by atoms with Gasteiger partial charge in [0, 0.05) is 24.1 Å². The minimum atomic E-state index is -3.70. The second-order valence-electron chi connectivity index (χ2n) is 8.05. The first-order valence-electron chi connectivity index (χ1n) is 10.3. The van der Waals surface area contributed by atoms with Crippen LogP contribution in [0.3, 0.4) is 0 Å². The van der Waals surface area contributed by atoms with Crippen LogP contribution in [0.2, 0.25) is 0 Å². The molecule has 0 radical (unpaired) electrons.